The van der Waals surface area contributed by atoms with Crippen molar-refractivity contribution in [3.63, 3.8) is 0 Å². The molecule has 2 aromatic carbocycles. The number of rotatable bonds is 7. The van der Waals surface area contributed by atoms with E-state index in [0.29, 0.717) is 48.1 Å². The molecule has 0 aliphatic carbocycles. The van der Waals surface area contributed by atoms with Crippen LogP contribution in [0.1, 0.15) is 70.4 Å². The number of halogens is 1. The molecule has 1 atom stereocenters. The Morgan fingerprint density at radius 1 is 1.02 bits per heavy atom. The molecular formula is C31H39FN4O5. The summed E-state index contributed by atoms with van der Waals surface area (Å²) in [5, 5.41) is 6.28. The first-order valence-corrected chi connectivity index (χ1v) is 13.9. The Bertz CT molecular complexity index is 1440. The van der Waals surface area contributed by atoms with Gasteiger partial charge in [-0.3, -0.25) is 4.79 Å². The molecule has 3 amide bonds. The summed E-state index contributed by atoms with van der Waals surface area (Å²) in [6.07, 6.45) is -0.121. The Hall–Kier alpha value is -4.08. The zero-order valence-electron chi connectivity index (χ0n) is 24.5. The van der Waals surface area contributed by atoms with Gasteiger partial charge in [0.15, 0.2) is 0 Å². The van der Waals surface area contributed by atoms with Crippen molar-refractivity contribution in [3.8, 4) is 11.1 Å². The van der Waals surface area contributed by atoms with Crippen LogP contribution in [-0.4, -0.2) is 58.3 Å². The quantitative estimate of drug-likeness (QED) is 0.298. The summed E-state index contributed by atoms with van der Waals surface area (Å²) >= 11 is 0. The van der Waals surface area contributed by atoms with Gasteiger partial charge in [0.2, 0.25) is 0 Å². The van der Waals surface area contributed by atoms with E-state index < -0.39 is 29.4 Å². The van der Waals surface area contributed by atoms with Gasteiger partial charge in [-0.2, -0.15) is 0 Å². The minimum absolute atomic E-state index is 0.196. The Labute approximate surface area is 239 Å². The maximum Gasteiger partial charge on any atom is 0.407 e. The number of benzene rings is 2. The third-order valence-corrected chi connectivity index (χ3v) is 6.47. The molecule has 9 nitrogen and oxygen atoms in total. The van der Waals surface area contributed by atoms with Crippen molar-refractivity contribution in [2.75, 3.05) is 13.1 Å². The molecule has 4 rings (SSSR count). The van der Waals surface area contributed by atoms with Crippen molar-refractivity contribution >= 4 is 29.0 Å². The van der Waals surface area contributed by atoms with Gasteiger partial charge in [0.1, 0.15) is 22.7 Å². The molecule has 0 fully saturated rings. The predicted octanol–water partition coefficient (Wildman–Crippen LogP) is 6.13. The molecule has 3 aromatic rings. The van der Waals surface area contributed by atoms with Crippen LogP contribution in [0.4, 0.5) is 14.0 Å². The van der Waals surface area contributed by atoms with Gasteiger partial charge < -0.3 is 30.0 Å². The number of carbonyl (C=O) groups excluding carboxylic acids is 3. The van der Waals surface area contributed by atoms with Gasteiger partial charge in [-0.1, -0.05) is 24.3 Å². The highest BCUT2D eigenvalue weighted by Crippen LogP contribution is 2.38. The minimum Gasteiger partial charge on any atom is -0.444 e. The lowest BCUT2D eigenvalue weighted by molar-refractivity contribution is 0.0465. The average molecular weight is 567 g/mol. The molecule has 1 aliphatic rings. The summed E-state index contributed by atoms with van der Waals surface area (Å²) in [6.45, 7) is 11.5. The Kier molecular flexibility index (Phi) is 8.60. The Morgan fingerprint density at radius 3 is 2.41 bits per heavy atom. The van der Waals surface area contributed by atoms with E-state index in [9.17, 15) is 18.8 Å². The van der Waals surface area contributed by atoms with Gasteiger partial charge in [-0.25, -0.2) is 14.0 Å². The van der Waals surface area contributed by atoms with E-state index >= 15 is 0 Å². The number of alkyl carbamates (subject to hydrolysis) is 2. The van der Waals surface area contributed by atoms with Crippen molar-refractivity contribution < 1.29 is 28.2 Å². The van der Waals surface area contributed by atoms with E-state index in [0.717, 1.165) is 11.1 Å². The molecule has 0 radical (unpaired) electrons. The molecule has 10 heteroatoms. The molecule has 1 aromatic heterocycles. The highest BCUT2D eigenvalue weighted by atomic mass is 19.1. The Balaban J connectivity index is 1.57. The van der Waals surface area contributed by atoms with Crippen LogP contribution in [0.15, 0.2) is 42.5 Å². The van der Waals surface area contributed by atoms with Crippen LogP contribution < -0.4 is 10.6 Å². The first-order chi connectivity index (χ1) is 19.2. The van der Waals surface area contributed by atoms with Crippen molar-refractivity contribution in [2.45, 2.75) is 78.2 Å². The highest BCUT2D eigenvalue weighted by Gasteiger charge is 2.31. The van der Waals surface area contributed by atoms with Crippen LogP contribution >= 0.6 is 0 Å². The zero-order chi connectivity index (χ0) is 29.9. The van der Waals surface area contributed by atoms with Gasteiger partial charge >= 0.3 is 12.2 Å². The maximum atomic E-state index is 14.2. The topological polar surface area (TPSA) is 113 Å². The number of hydrogen-bond donors (Lipinski definition) is 3. The molecule has 220 valence electrons. The molecule has 3 N–H and O–H groups in total. The minimum atomic E-state index is -0.696. The lowest BCUT2D eigenvalue weighted by Gasteiger charge is -2.29. The first kappa shape index (κ1) is 29.9. The fraction of sp³-hybridized carbons (Fsp3) is 0.452. The van der Waals surface area contributed by atoms with Crippen LogP contribution in [-0.2, 0) is 16.0 Å². The third-order valence-electron chi connectivity index (χ3n) is 6.47. The number of nitrogens with zero attached hydrogens (tertiary/aromatic N) is 1. The van der Waals surface area contributed by atoms with Gasteiger partial charge in [-0.05, 0) is 83.7 Å². The van der Waals surface area contributed by atoms with E-state index in [2.05, 4.69) is 15.6 Å². The molecule has 0 spiro atoms. The standard InChI is InChI=1S/C31H39FN4O5/c1-30(2,3)40-28(38)33-15-9-11-21(34-29(39)41-31(4,5)6)18-36-17-19-10-7-8-12-22(19)25-23-16-20(32)13-14-24(23)35-26(25)27(36)37/h7-8,10,12-14,16,21,35H,9,11,15,17-18H2,1-6H3,(H,33,38)(H,34,39)/t21-/m0/s1. The SMILES string of the molecule is CC(C)(C)OC(=O)NCCC[C@@H](CN1Cc2ccccc2-c2c([nH]c3ccc(F)cc23)C1=O)NC(=O)OC(C)(C)C. The van der Waals surface area contributed by atoms with Gasteiger partial charge in [0, 0.05) is 42.1 Å². The summed E-state index contributed by atoms with van der Waals surface area (Å²) in [7, 11) is 0. The second kappa shape index (κ2) is 11.8. The lowest BCUT2D eigenvalue weighted by Crippen LogP contribution is -2.47. The number of ether oxygens (including phenoxy) is 2. The molecule has 2 heterocycles. The van der Waals surface area contributed by atoms with Gasteiger partial charge in [-0.15, -0.1) is 0 Å². The number of nitrogens with one attached hydrogen (secondary N) is 3. The number of aromatic nitrogens is 1. The van der Waals surface area contributed by atoms with E-state index in [1.807, 2.05) is 24.3 Å². The smallest absolute Gasteiger partial charge is 0.407 e. The second-order valence-electron chi connectivity index (χ2n) is 12.3. The summed E-state index contributed by atoms with van der Waals surface area (Å²) < 4.78 is 25.0. The fourth-order valence-corrected chi connectivity index (χ4v) is 4.89. The summed E-state index contributed by atoms with van der Waals surface area (Å²) in [5.41, 5.74) is 2.16. The van der Waals surface area contributed by atoms with Crippen molar-refractivity contribution in [3.05, 3.63) is 59.5 Å². The number of carbonyl (C=O) groups is 3. The molecule has 0 unspecified atom stereocenters. The van der Waals surface area contributed by atoms with Crippen molar-refractivity contribution in [2.24, 2.45) is 0 Å². The van der Waals surface area contributed by atoms with Crippen LogP contribution in [0.3, 0.4) is 0 Å². The monoisotopic (exact) mass is 566 g/mol. The van der Waals surface area contributed by atoms with Crippen LogP contribution in [0.25, 0.3) is 22.0 Å². The maximum absolute atomic E-state index is 14.2. The molecule has 41 heavy (non-hydrogen) atoms. The zero-order valence-corrected chi connectivity index (χ0v) is 24.5. The molecule has 0 bridgehead atoms. The predicted molar refractivity (Wildman–Crippen MR) is 155 cm³/mol. The normalized spacial score (nSPS) is 14.1. The summed E-state index contributed by atoms with van der Waals surface area (Å²) in [5.74, 6) is -0.636. The molecular weight excluding hydrogens is 527 g/mol. The third kappa shape index (κ3) is 7.77. The van der Waals surface area contributed by atoms with E-state index in [4.69, 9.17) is 9.47 Å². The number of aromatic amines is 1. The van der Waals surface area contributed by atoms with Crippen molar-refractivity contribution in [1.82, 2.24) is 20.5 Å². The second-order valence-corrected chi connectivity index (χ2v) is 12.3. The van der Waals surface area contributed by atoms with Gasteiger partial charge in [0.25, 0.3) is 5.91 Å². The molecule has 0 saturated carbocycles. The van der Waals surface area contributed by atoms with Gasteiger partial charge in [0.05, 0.1) is 0 Å². The first-order valence-electron chi connectivity index (χ1n) is 13.9. The lowest BCUT2D eigenvalue weighted by atomic mass is 9.98. The number of amides is 3. The van der Waals surface area contributed by atoms with E-state index in [1.54, 1.807) is 52.5 Å². The summed E-state index contributed by atoms with van der Waals surface area (Å²) in [4.78, 5) is 43.6. The number of hydrogen-bond acceptors (Lipinski definition) is 5. The highest BCUT2D eigenvalue weighted by molar-refractivity contribution is 6.11. The van der Waals surface area contributed by atoms with E-state index in [-0.39, 0.29) is 18.3 Å². The molecule has 0 saturated heterocycles. The molecule has 1 aliphatic heterocycles. The number of H-pyrrole nitrogens is 1. The average Bonchev–Trinajstić information content (AvgIpc) is 3.17. The van der Waals surface area contributed by atoms with E-state index in [1.165, 1.54) is 12.1 Å². The van der Waals surface area contributed by atoms with Crippen LogP contribution in [0.5, 0.6) is 0 Å². The Morgan fingerprint density at radius 2 is 1.71 bits per heavy atom. The fourth-order valence-electron chi connectivity index (χ4n) is 4.89. The number of fused-ring (bicyclic) bond motifs is 5. The largest absolute Gasteiger partial charge is 0.444 e. The van der Waals surface area contributed by atoms with Crippen LogP contribution in [0, 0.1) is 5.82 Å². The van der Waals surface area contributed by atoms with Crippen LogP contribution in [0.2, 0.25) is 0 Å². The summed E-state index contributed by atoms with van der Waals surface area (Å²) in [6, 6.07) is 11.6. The van der Waals surface area contributed by atoms with Crippen molar-refractivity contribution in [1.29, 1.82) is 0 Å².